The van der Waals surface area contributed by atoms with Gasteiger partial charge >= 0.3 is 6.09 Å². The summed E-state index contributed by atoms with van der Waals surface area (Å²) in [6, 6.07) is 6.06. The number of anilines is 1. The Labute approximate surface area is 195 Å². The summed E-state index contributed by atoms with van der Waals surface area (Å²) in [5.74, 6) is 0.183. The van der Waals surface area contributed by atoms with Crippen molar-refractivity contribution >= 4 is 17.7 Å². The molecule has 1 saturated carbocycles. The van der Waals surface area contributed by atoms with Crippen LogP contribution in [0.1, 0.15) is 63.9 Å². The Hall–Kier alpha value is -2.15. The van der Waals surface area contributed by atoms with Crippen molar-refractivity contribution in [3.63, 3.8) is 0 Å². The van der Waals surface area contributed by atoms with Gasteiger partial charge in [0.1, 0.15) is 5.82 Å². The van der Waals surface area contributed by atoms with Gasteiger partial charge in [0, 0.05) is 41.7 Å². The van der Waals surface area contributed by atoms with Crippen LogP contribution < -0.4 is 4.90 Å². The zero-order chi connectivity index (χ0) is 22.7. The molecule has 1 aromatic rings. The number of carbonyl (C=O) groups excluding carboxylic acids is 2. The molecule has 5 aliphatic rings. The number of ether oxygens (including phenoxy) is 1. The number of benzene rings is 1. The number of hydrogen-bond donors (Lipinski definition) is 0. The summed E-state index contributed by atoms with van der Waals surface area (Å²) < 4.78 is 19.6. The highest BCUT2D eigenvalue weighted by atomic mass is 19.1. The SMILES string of the molecule is CCOC(=O)N1C2CCC1CC(N1CCC3(CC1)CN(C(=O)C1CC1)c1ccc(F)cc13)C2. The summed E-state index contributed by atoms with van der Waals surface area (Å²) in [5.41, 5.74) is 1.83. The first-order valence-corrected chi connectivity index (χ1v) is 12.8. The number of halogens is 1. The number of likely N-dealkylation sites (tertiary alicyclic amines) is 1. The van der Waals surface area contributed by atoms with Gasteiger partial charge < -0.3 is 19.4 Å². The van der Waals surface area contributed by atoms with Crippen molar-refractivity contribution in [2.45, 2.75) is 81.8 Å². The van der Waals surface area contributed by atoms with Crippen LogP contribution >= 0.6 is 0 Å². The first kappa shape index (κ1) is 21.4. The van der Waals surface area contributed by atoms with Crippen LogP contribution in [-0.4, -0.2) is 66.2 Å². The smallest absolute Gasteiger partial charge is 0.410 e. The number of amides is 2. The quantitative estimate of drug-likeness (QED) is 0.690. The summed E-state index contributed by atoms with van der Waals surface area (Å²) in [6.45, 7) is 4.91. The molecule has 2 atom stereocenters. The Kier molecular flexibility index (Phi) is 5.16. The maximum Gasteiger partial charge on any atom is 0.410 e. The van der Waals surface area contributed by atoms with Crippen LogP contribution in [0.15, 0.2) is 18.2 Å². The fourth-order valence-electron chi connectivity index (χ4n) is 7.08. The summed E-state index contributed by atoms with van der Waals surface area (Å²) in [4.78, 5) is 32.0. The number of hydrogen-bond acceptors (Lipinski definition) is 4. The van der Waals surface area contributed by atoms with Crippen molar-refractivity contribution in [1.29, 1.82) is 0 Å². The van der Waals surface area contributed by atoms with E-state index < -0.39 is 0 Å². The van der Waals surface area contributed by atoms with Gasteiger partial charge in [0.25, 0.3) is 0 Å². The summed E-state index contributed by atoms with van der Waals surface area (Å²) in [7, 11) is 0. The first-order valence-electron chi connectivity index (χ1n) is 12.8. The first-order chi connectivity index (χ1) is 16.0. The van der Waals surface area contributed by atoms with E-state index in [2.05, 4.69) is 4.90 Å². The molecular formula is C26H34FN3O3. The molecule has 0 radical (unpaired) electrons. The Bertz CT molecular complexity index is 942. The lowest BCUT2D eigenvalue weighted by atomic mass is 9.73. The Morgan fingerprint density at radius 3 is 2.39 bits per heavy atom. The predicted molar refractivity (Wildman–Crippen MR) is 123 cm³/mol. The highest BCUT2D eigenvalue weighted by molar-refractivity contribution is 5.99. The molecule has 1 spiro atoms. The monoisotopic (exact) mass is 455 g/mol. The van der Waals surface area contributed by atoms with E-state index in [1.807, 2.05) is 22.8 Å². The van der Waals surface area contributed by atoms with Gasteiger partial charge in [-0.25, -0.2) is 9.18 Å². The van der Waals surface area contributed by atoms with Crippen molar-refractivity contribution in [2.24, 2.45) is 5.92 Å². The van der Waals surface area contributed by atoms with Crippen LogP contribution in [0.4, 0.5) is 14.9 Å². The van der Waals surface area contributed by atoms with Gasteiger partial charge in [0.15, 0.2) is 0 Å². The molecule has 2 amide bonds. The molecule has 33 heavy (non-hydrogen) atoms. The molecule has 0 aromatic heterocycles. The fourth-order valence-corrected chi connectivity index (χ4v) is 7.08. The number of fused-ring (bicyclic) bond motifs is 4. The molecule has 1 aliphatic carbocycles. The minimum absolute atomic E-state index is 0.136. The van der Waals surface area contributed by atoms with E-state index in [0.29, 0.717) is 19.2 Å². The molecule has 6 rings (SSSR count). The Morgan fingerprint density at radius 1 is 1.06 bits per heavy atom. The minimum Gasteiger partial charge on any atom is -0.450 e. The van der Waals surface area contributed by atoms with Crippen LogP contribution in [0.5, 0.6) is 0 Å². The van der Waals surface area contributed by atoms with E-state index in [-0.39, 0.29) is 41.2 Å². The average Bonchev–Trinajstić information content (AvgIpc) is 3.57. The second-order valence-electron chi connectivity index (χ2n) is 10.8. The Balaban J connectivity index is 1.16. The van der Waals surface area contributed by atoms with E-state index in [0.717, 1.165) is 75.7 Å². The van der Waals surface area contributed by atoms with E-state index in [1.165, 1.54) is 6.07 Å². The van der Waals surface area contributed by atoms with Crippen LogP contribution in [0.2, 0.25) is 0 Å². The molecule has 1 aromatic carbocycles. The standard InChI is InChI=1S/C26H34FN3O3/c1-2-33-25(32)30-19-6-7-20(30)15-21(14-19)28-11-9-26(10-12-28)16-29(24(31)17-3-4-17)23-8-5-18(27)13-22(23)26/h5,8,13,17,19-21H,2-4,6-7,9-12,14-16H2,1H3. The number of carbonyl (C=O) groups is 2. The molecule has 4 heterocycles. The topological polar surface area (TPSA) is 53.1 Å². The highest BCUT2D eigenvalue weighted by Crippen LogP contribution is 2.50. The number of rotatable bonds is 3. The summed E-state index contributed by atoms with van der Waals surface area (Å²) in [6.07, 6.45) is 7.90. The van der Waals surface area contributed by atoms with Crippen molar-refractivity contribution in [3.8, 4) is 0 Å². The van der Waals surface area contributed by atoms with Crippen LogP contribution in [0, 0.1) is 11.7 Å². The molecule has 3 saturated heterocycles. The summed E-state index contributed by atoms with van der Waals surface area (Å²) >= 11 is 0. The maximum atomic E-state index is 14.3. The molecule has 2 bridgehead atoms. The lowest BCUT2D eigenvalue weighted by Gasteiger charge is -2.47. The average molecular weight is 456 g/mol. The third-order valence-corrected chi connectivity index (χ3v) is 8.93. The molecular weight excluding hydrogens is 421 g/mol. The van der Waals surface area contributed by atoms with Gasteiger partial charge in [0.05, 0.1) is 6.61 Å². The van der Waals surface area contributed by atoms with Crippen LogP contribution in [0.3, 0.4) is 0 Å². The van der Waals surface area contributed by atoms with Crippen molar-refractivity contribution in [3.05, 3.63) is 29.6 Å². The second-order valence-corrected chi connectivity index (χ2v) is 10.8. The molecule has 6 nitrogen and oxygen atoms in total. The van der Waals surface area contributed by atoms with Gasteiger partial charge in [-0.1, -0.05) is 0 Å². The second kappa shape index (κ2) is 7.97. The van der Waals surface area contributed by atoms with Gasteiger partial charge in [-0.15, -0.1) is 0 Å². The predicted octanol–water partition coefficient (Wildman–Crippen LogP) is 4.07. The fraction of sp³-hybridized carbons (Fsp3) is 0.692. The third-order valence-electron chi connectivity index (χ3n) is 8.93. The molecule has 178 valence electrons. The van der Waals surface area contributed by atoms with E-state index >= 15 is 0 Å². The zero-order valence-corrected chi connectivity index (χ0v) is 19.5. The minimum atomic E-state index is -0.209. The molecule has 4 aliphatic heterocycles. The molecule has 7 heteroatoms. The molecule has 0 N–H and O–H groups in total. The van der Waals surface area contributed by atoms with Gasteiger partial charge in [-0.3, -0.25) is 4.79 Å². The van der Waals surface area contributed by atoms with Gasteiger partial charge in [0.2, 0.25) is 5.91 Å². The zero-order valence-electron chi connectivity index (χ0n) is 19.5. The van der Waals surface area contributed by atoms with E-state index in [4.69, 9.17) is 4.74 Å². The normalized spacial score (nSPS) is 30.5. The van der Waals surface area contributed by atoms with E-state index in [9.17, 15) is 14.0 Å². The largest absolute Gasteiger partial charge is 0.450 e. The van der Waals surface area contributed by atoms with E-state index in [1.54, 1.807) is 6.07 Å². The van der Waals surface area contributed by atoms with Gasteiger partial charge in [-0.05, 0) is 95.1 Å². The van der Waals surface area contributed by atoms with Gasteiger partial charge in [-0.2, -0.15) is 0 Å². The van der Waals surface area contributed by atoms with Crippen LogP contribution in [0.25, 0.3) is 0 Å². The molecule has 4 fully saturated rings. The van der Waals surface area contributed by atoms with Crippen LogP contribution in [-0.2, 0) is 14.9 Å². The number of piperidine rings is 2. The third kappa shape index (κ3) is 3.54. The highest BCUT2D eigenvalue weighted by Gasteiger charge is 2.51. The number of nitrogens with zero attached hydrogens (tertiary/aromatic N) is 3. The summed E-state index contributed by atoms with van der Waals surface area (Å²) in [5, 5.41) is 0. The van der Waals surface area contributed by atoms with Crippen molar-refractivity contribution in [2.75, 3.05) is 31.1 Å². The van der Waals surface area contributed by atoms with Crippen molar-refractivity contribution < 1.29 is 18.7 Å². The lowest BCUT2D eigenvalue weighted by Crippen LogP contribution is -2.55. The maximum absolute atomic E-state index is 14.3. The lowest BCUT2D eigenvalue weighted by molar-refractivity contribution is -0.119. The Morgan fingerprint density at radius 2 is 1.76 bits per heavy atom. The molecule has 2 unspecified atom stereocenters. The van der Waals surface area contributed by atoms with Crippen molar-refractivity contribution in [1.82, 2.24) is 9.80 Å².